The highest BCUT2D eigenvalue weighted by Gasteiger charge is 2.23. The van der Waals surface area contributed by atoms with Gasteiger partial charge in [0.2, 0.25) is 11.6 Å². The predicted molar refractivity (Wildman–Crippen MR) is 51.8 cm³/mol. The van der Waals surface area contributed by atoms with E-state index in [4.69, 9.17) is 5.11 Å². The number of nitrogens with one attached hydrogen (secondary N) is 1. The zero-order valence-electron chi connectivity index (χ0n) is 8.63. The molecular weight excluding hydrogens is 220 g/mol. The molecule has 0 atom stereocenters. The maximum atomic E-state index is 10.6. The minimum Gasteiger partial charge on any atom is -0.479 e. The van der Waals surface area contributed by atoms with Crippen molar-refractivity contribution < 1.29 is 19.7 Å². The molecule has 0 spiro atoms. The molecule has 1 rings (SSSR count). The van der Waals surface area contributed by atoms with Crippen LogP contribution in [0.15, 0.2) is 0 Å². The van der Waals surface area contributed by atoms with Crippen LogP contribution >= 0.6 is 0 Å². The van der Waals surface area contributed by atoms with E-state index in [1.165, 1.54) is 4.57 Å². The number of rotatable bonds is 5. The summed E-state index contributed by atoms with van der Waals surface area (Å²) in [5.41, 5.74) is 2.19. The van der Waals surface area contributed by atoms with Crippen molar-refractivity contribution in [2.45, 2.75) is 6.92 Å². The molecule has 0 saturated carbocycles. The van der Waals surface area contributed by atoms with Crippen LogP contribution in [0.25, 0.3) is 0 Å². The van der Waals surface area contributed by atoms with Crippen molar-refractivity contribution in [1.82, 2.24) is 9.55 Å². The van der Waals surface area contributed by atoms with Gasteiger partial charge in [-0.2, -0.15) is 0 Å². The van der Waals surface area contributed by atoms with Crippen molar-refractivity contribution in [3.05, 3.63) is 15.9 Å². The minimum atomic E-state index is -1.19. The lowest BCUT2D eigenvalue weighted by atomic mass is 10.6. The van der Waals surface area contributed by atoms with Crippen LogP contribution < -0.4 is 5.48 Å². The number of aliphatic carboxylic acids is 1. The SMILES string of the molecule is Cc1nc([N+](=O)[O-])c(NOCC(=O)O)n1C. The molecule has 0 bridgehead atoms. The number of hydrogen-bond donors (Lipinski definition) is 2. The maximum Gasteiger partial charge on any atom is 0.408 e. The van der Waals surface area contributed by atoms with Crippen molar-refractivity contribution in [2.75, 3.05) is 12.1 Å². The number of aromatic nitrogens is 2. The lowest BCUT2D eigenvalue weighted by molar-refractivity contribution is -0.388. The largest absolute Gasteiger partial charge is 0.479 e. The van der Waals surface area contributed by atoms with E-state index in [1.807, 2.05) is 0 Å². The third-order valence-electron chi connectivity index (χ3n) is 1.84. The van der Waals surface area contributed by atoms with E-state index in [1.54, 1.807) is 14.0 Å². The van der Waals surface area contributed by atoms with Crippen molar-refractivity contribution in [3.8, 4) is 0 Å². The maximum absolute atomic E-state index is 10.6. The van der Waals surface area contributed by atoms with Crippen LogP contribution in [0.5, 0.6) is 0 Å². The number of anilines is 1. The van der Waals surface area contributed by atoms with Crippen LogP contribution in [0.4, 0.5) is 11.6 Å². The molecule has 16 heavy (non-hydrogen) atoms. The van der Waals surface area contributed by atoms with E-state index >= 15 is 0 Å². The molecule has 0 aliphatic rings. The van der Waals surface area contributed by atoms with E-state index in [0.717, 1.165) is 0 Å². The average Bonchev–Trinajstić information content (AvgIpc) is 2.45. The Morgan fingerprint density at radius 1 is 1.75 bits per heavy atom. The first-order chi connectivity index (χ1) is 7.43. The molecule has 1 heterocycles. The fraction of sp³-hybridized carbons (Fsp3) is 0.429. The Labute approximate surface area is 89.8 Å². The molecule has 0 aliphatic heterocycles. The number of carbonyl (C=O) groups is 1. The molecule has 2 N–H and O–H groups in total. The molecule has 0 fully saturated rings. The summed E-state index contributed by atoms with van der Waals surface area (Å²) in [5.74, 6) is -1.18. The molecule has 0 aromatic carbocycles. The second-order valence-corrected chi connectivity index (χ2v) is 2.93. The van der Waals surface area contributed by atoms with Gasteiger partial charge in [-0.05, 0) is 9.91 Å². The van der Waals surface area contributed by atoms with Gasteiger partial charge >= 0.3 is 11.8 Å². The third kappa shape index (κ3) is 2.45. The van der Waals surface area contributed by atoms with Gasteiger partial charge in [-0.3, -0.25) is 9.40 Å². The molecule has 88 valence electrons. The summed E-state index contributed by atoms with van der Waals surface area (Å²) in [7, 11) is 1.54. The van der Waals surface area contributed by atoms with Gasteiger partial charge in [0.1, 0.15) is 0 Å². The van der Waals surface area contributed by atoms with E-state index in [0.29, 0.717) is 5.82 Å². The van der Waals surface area contributed by atoms with Gasteiger partial charge in [-0.25, -0.2) is 10.3 Å². The van der Waals surface area contributed by atoms with E-state index in [9.17, 15) is 14.9 Å². The molecule has 9 heteroatoms. The summed E-state index contributed by atoms with van der Waals surface area (Å²) in [6, 6.07) is 0. The van der Waals surface area contributed by atoms with Crippen LogP contribution in [0.2, 0.25) is 0 Å². The Bertz CT molecular complexity index is 427. The normalized spacial score (nSPS) is 10.1. The fourth-order valence-corrected chi connectivity index (χ4v) is 1.00. The highest BCUT2D eigenvalue weighted by Crippen LogP contribution is 2.23. The Hall–Kier alpha value is -2.16. The van der Waals surface area contributed by atoms with Crippen LogP contribution in [-0.2, 0) is 16.7 Å². The Balaban J connectivity index is 2.85. The van der Waals surface area contributed by atoms with Gasteiger partial charge in [0.25, 0.3) is 0 Å². The zero-order valence-corrected chi connectivity index (χ0v) is 8.63. The molecule has 9 nitrogen and oxygen atoms in total. The van der Waals surface area contributed by atoms with Crippen molar-refractivity contribution >= 4 is 17.6 Å². The molecule has 1 aromatic heterocycles. The summed E-state index contributed by atoms with van der Waals surface area (Å²) in [6.07, 6.45) is 0. The first-order valence-corrected chi connectivity index (χ1v) is 4.20. The first-order valence-electron chi connectivity index (χ1n) is 4.20. The fourth-order valence-electron chi connectivity index (χ4n) is 1.00. The molecule has 0 saturated heterocycles. The number of aryl methyl sites for hydroxylation is 1. The summed E-state index contributed by atoms with van der Waals surface area (Å²) in [6.45, 7) is 0.969. The monoisotopic (exact) mass is 230 g/mol. The lowest BCUT2D eigenvalue weighted by Gasteiger charge is -2.04. The molecule has 0 amide bonds. The topological polar surface area (TPSA) is 120 Å². The Kier molecular flexibility index (Phi) is 3.40. The van der Waals surface area contributed by atoms with Gasteiger partial charge in [0, 0.05) is 14.0 Å². The summed E-state index contributed by atoms with van der Waals surface area (Å²) in [4.78, 5) is 28.3. The number of carboxylic acid groups (broad SMARTS) is 1. The van der Waals surface area contributed by atoms with Crippen LogP contribution in [-0.4, -0.2) is 32.2 Å². The first kappa shape index (κ1) is 11.9. The number of nitrogens with zero attached hydrogens (tertiary/aromatic N) is 3. The zero-order chi connectivity index (χ0) is 12.3. The predicted octanol–water partition coefficient (Wildman–Crippen LogP) is 0.0648. The van der Waals surface area contributed by atoms with Gasteiger partial charge in [-0.1, -0.05) is 0 Å². The Morgan fingerprint density at radius 3 is 2.88 bits per heavy atom. The minimum absolute atomic E-state index is 0.00347. The number of hydrogen-bond acceptors (Lipinski definition) is 6. The third-order valence-corrected chi connectivity index (χ3v) is 1.84. The smallest absolute Gasteiger partial charge is 0.408 e. The summed E-state index contributed by atoms with van der Waals surface area (Å²) < 4.78 is 1.39. The standard InChI is InChI=1S/C7H10N4O5/c1-4-8-6(11(14)15)7(10(4)2)9-16-3-5(12)13/h9H,3H2,1-2H3,(H,12,13). The van der Waals surface area contributed by atoms with Crippen molar-refractivity contribution in [1.29, 1.82) is 0 Å². The second-order valence-electron chi connectivity index (χ2n) is 2.93. The molecule has 0 unspecified atom stereocenters. The van der Waals surface area contributed by atoms with Gasteiger partial charge < -0.3 is 15.2 Å². The van der Waals surface area contributed by atoms with Gasteiger partial charge in [0.15, 0.2) is 6.61 Å². The summed E-state index contributed by atoms with van der Waals surface area (Å²) in [5, 5.41) is 18.9. The van der Waals surface area contributed by atoms with Crippen LogP contribution in [0, 0.1) is 17.0 Å². The lowest BCUT2D eigenvalue weighted by Crippen LogP contribution is -2.13. The van der Waals surface area contributed by atoms with Gasteiger partial charge in [-0.15, -0.1) is 0 Å². The highest BCUT2D eigenvalue weighted by atomic mass is 16.7. The van der Waals surface area contributed by atoms with Crippen LogP contribution in [0.1, 0.15) is 5.82 Å². The molecule has 1 aromatic rings. The van der Waals surface area contributed by atoms with E-state index < -0.39 is 23.3 Å². The molecule has 0 aliphatic carbocycles. The average molecular weight is 230 g/mol. The van der Waals surface area contributed by atoms with E-state index in [2.05, 4.69) is 15.3 Å². The number of nitro groups is 1. The van der Waals surface area contributed by atoms with E-state index in [-0.39, 0.29) is 5.82 Å². The highest BCUT2D eigenvalue weighted by molar-refractivity contribution is 5.68. The Morgan fingerprint density at radius 2 is 2.38 bits per heavy atom. The van der Waals surface area contributed by atoms with Crippen LogP contribution in [0.3, 0.4) is 0 Å². The van der Waals surface area contributed by atoms with Crippen molar-refractivity contribution in [2.24, 2.45) is 7.05 Å². The quantitative estimate of drug-likeness (QED) is 0.542. The number of imidazole rings is 1. The number of carboxylic acids is 1. The molecular formula is C7H10N4O5. The molecule has 0 radical (unpaired) electrons. The second kappa shape index (κ2) is 4.57. The van der Waals surface area contributed by atoms with Gasteiger partial charge in [0.05, 0.1) is 0 Å². The van der Waals surface area contributed by atoms with Crippen molar-refractivity contribution in [3.63, 3.8) is 0 Å². The summed E-state index contributed by atoms with van der Waals surface area (Å²) >= 11 is 0.